The summed E-state index contributed by atoms with van der Waals surface area (Å²) >= 11 is 0. The van der Waals surface area contributed by atoms with E-state index >= 15 is 0 Å². The van der Waals surface area contributed by atoms with Crippen molar-refractivity contribution in [3.63, 3.8) is 0 Å². The summed E-state index contributed by atoms with van der Waals surface area (Å²) in [4.78, 5) is 6.60. The molecule has 22 heavy (non-hydrogen) atoms. The first kappa shape index (κ1) is 13.9. The number of aromatic nitrogens is 1. The van der Waals surface area contributed by atoms with Crippen molar-refractivity contribution in [3.8, 4) is 6.07 Å². The topological polar surface area (TPSA) is 52.0 Å². The Morgan fingerprint density at radius 3 is 2.45 bits per heavy atom. The molecule has 2 aromatic carbocycles. The van der Waals surface area contributed by atoms with E-state index in [9.17, 15) is 5.26 Å². The van der Waals surface area contributed by atoms with Crippen molar-refractivity contribution in [3.05, 3.63) is 60.2 Å². The molecule has 0 unspecified atom stereocenters. The number of fused-ring (bicyclic) bond motifs is 1. The Labute approximate surface area is 129 Å². The average Bonchev–Trinajstić information content (AvgIpc) is 2.54. The summed E-state index contributed by atoms with van der Waals surface area (Å²) in [7, 11) is 4.00. The van der Waals surface area contributed by atoms with Crippen LogP contribution in [0.3, 0.4) is 0 Å². The highest BCUT2D eigenvalue weighted by atomic mass is 15.1. The fraction of sp³-hybridized carbons (Fsp3) is 0.111. The van der Waals surface area contributed by atoms with Gasteiger partial charge in [-0.05, 0) is 36.4 Å². The summed E-state index contributed by atoms with van der Waals surface area (Å²) in [6.07, 6.45) is 0. The van der Waals surface area contributed by atoms with Crippen LogP contribution in [-0.4, -0.2) is 19.1 Å². The third kappa shape index (κ3) is 2.70. The molecule has 0 spiro atoms. The van der Waals surface area contributed by atoms with Gasteiger partial charge in [0.2, 0.25) is 0 Å². The van der Waals surface area contributed by atoms with Crippen LogP contribution in [0.2, 0.25) is 0 Å². The molecular formula is C18H16N4. The van der Waals surface area contributed by atoms with Crippen LogP contribution in [0.25, 0.3) is 10.9 Å². The first-order valence-electron chi connectivity index (χ1n) is 7.01. The number of hydrogen-bond acceptors (Lipinski definition) is 4. The lowest BCUT2D eigenvalue weighted by Crippen LogP contribution is -2.08. The Balaban J connectivity index is 1.97. The van der Waals surface area contributed by atoms with Gasteiger partial charge in [0.1, 0.15) is 11.9 Å². The molecule has 0 amide bonds. The van der Waals surface area contributed by atoms with Crippen LogP contribution < -0.4 is 10.2 Å². The van der Waals surface area contributed by atoms with Crippen molar-refractivity contribution in [2.24, 2.45) is 0 Å². The second kappa shape index (κ2) is 5.74. The quantitative estimate of drug-likeness (QED) is 0.793. The lowest BCUT2D eigenvalue weighted by molar-refractivity contribution is 1.13. The lowest BCUT2D eigenvalue weighted by Gasteiger charge is -2.13. The monoisotopic (exact) mass is 288 g/mol. The number of rotatable bonds is 3. The summed E-state index contributed by atoms with van der Waals surface area (Å²) in [5, 5.41) is 13.5. The molecule has 4 nitrogen and oxygen atoms in total. The van der Waals surface area contributed by atoms with Crippen molar-refractivity contribution in [1.82, 2.24) is 4.98 Å². The van der Waals surface area contributed by atoms with Crippen molar-refractivity contribution >= 4 is 28.1 Å². The van der Waals surface area contributed by atoms with Gasteiger partial charge >= 0.3 is 0 Å². The highest BCUT2D eigenvalue weighted by Gasteiger charge is 2.07. The number of benzene rings is 2. The normalized spacial score (nSPS) is 10.2. The van der Waals surface area contributed by atoms with Crippen molar-refractivity contribution in [2.75, 3.05) is 24.3 Å². The van der Waals surface area contributed by atoms with Crippen molar-refractivity contribution in [2.45, 2.75) is 0 Å². The van der Waals surface area contributed by atoms with Crippen LogP contribution in [0.15, 0.2) is 54.6 Å². The number of para-hydroxylation sites is 1. The van der Waals surface area contributed by atoms with Gasteiger partial charge < -0.3 is 10.2 Å². The van der Waals surface area contributed by atoms with E-state index in [4.69, 9.17) is 0 Å². The first-order chi connectivity index (χ1) is 10.7. The van der Waals surface area contributed by atoms with E-state index in [-0.39, 0.29) is 0 Å². The molecule has 1 N–H and O–H groups in total. The minimum absolute atomic E-state index is 0.537. The van der Waals surface area contributed by atoms with Crippen molar-refractivity contribution in [1.29, 1.82) is 5.26 Å². The second-order valence-corrected chi connectivity index (χ2v) is 5.26. The molecule has 1 heterocycles. The lowest BCUT2D eigenvalue weighted by atomic mass is 10.1. The van der Waals surface area contributed by atoms with Gasteiger partial charge in [0, 0.05) is 30.9 Å². The van der Waals surface area contributed by atoms with Crippen LogP contribution >= 0.6 is 0 Å². The van der Waals surface area contributed by atoms with E-state index in [0.29, 0.717) is 11.4 Å². The van der Waals surface area contributed by atoms with Gasteiger partial charge in [0.25, 0.3) is 0 Å². The second-order valence-electron chi connectivity index (χ2n) is 5.26. The molecular weight excluding hydrogens is 272 g/mol. The number of hydrogen-bond donors (Lipinski definition) is 1. The van der Waals surface area contributed by atoms with Crippen LogP contribution in [0.5, 0.6) is 0 Å². The zero-order valence-electron chi connectivity index (χ0n) is 12.5. The number of pyridine rings is 1. The summed E-state index contributed by atoms with van der Waals surface area (Å²) in [5.41, 5.74) is 3.44. The molecule has 0 bridgehead atoms. The largest absolute Gasteiger partial charge is 0.378 e. The van der Waals surface area contributed by atoms with E-state index < -0.39 is 0 Å². The van der Waals surface area contributed by atoms with Crippen LogP contribution in [0.4, 0.5) is 17.2 Å². The van der Waals surface area contributed by atoms with Crippen molar-refractivity contribution < 1.29 is 0 Å². The molecule has 0 aliphatic carbocycles. The highest BCUT2D eigenvalue weighted by molar-refractivity contribution is 5.83. The third-order valence-electron chi connectivity index (χ3n) is 3.49. The van der Waals surface area contributed by atoms with Crippen LogP contribution in [-0.2, 0) is 0 Å². The number of nitrogens with one attached hydrogen (secondary N) is 1. The fourth-order valence-electron chi connectivity index (χ4n) is 2.28. The van der Waals surface area contributed by atoms with Crippen LogP contribution in [0, 0.1) is 11.3 Å². The Kier molecular flexibility index (Phi) is 3.63. The van der Waals surface area contributed by atoms with Crippen LogP contribution in [0.1, 0.15) is 5.56 Å². The number of anilines is 3. The fourth-order valence-corrected chi connectivity index (χ4v) is 2.28. The Hall–Kier alpha value is -3.06. The molecule has 0 atom stereocenters. The first-order valence-corrected chi connectivity index (χ1v) is 7.01. The summed E-state index contributed by atoms with van der Waals surface area (Å²) in [6, 6.07) is 19.9. The molecule has 3 aromatic rings. The molecule has 0 saturated carbocycles. The van der Waals surface area contributed by atoms with Gasteiger partial charge in [-0.15, -0.1) is 0 Å². The third-order valence-corrected chi connectivity index (χ3v) is 3.49. The Morgan fingerprint density at radius 1 is 1.05 bits per heavy atom. The van der Waals surface area contributed by atoms with Gasteiger partial charge in [-0.25, -0.2) is 4.98 Å². The maximum absolute atomic E-state index is 9.34. The molecule has 4 heteroatoms. The minimum Gasteiger partial charge on any atom is -0.378 e. The molecule has 0 aliphatic heterocycles. The number of nitrogens with zero attached hydrogens (tertiary/aromatic N) is 3. The highest BCUT2D eigenvalue weighted by Crippen LogP contribution is 2.24. The molecule has 0 aliphatic rings. The Morgan fingerprint density at radius 2 is 1.77 bits per heavy atom. The molecule has 1 aromatic heterocycles. The summed E-state index contributed by atoms with van der Waals surface area (Å²) < 4.78 is 0. The maximum atomic E-state index is 9.34. The average molecular weight is 288 g/mol. The van der Waals surface area contributed by atoms with E-state index in [2.05, 4.69) is 16.4 Å². The van der Waals surface area contributed by atoms with Gasteiger partial charge in [-0.1, -0.05) is 18.2 Å². The molecule has 0 fully saturated rings. The summed E-state index contributed by atoms with van der Waals surface area (Å²) in [5.74, 6) is 0.582. The van der Waals surface area contributed by atoms with Gasteiger partial charge in [-0.2, -0.15) is 5.26 Å². The van der Waals surface area contributed by atoms with E-state index in [1.54, 1.807) is 0 Å². The van der Waals surface area contributed by atoms with E-state index in [1.807, 2.05) is 73.6 Å². The van der Waals surface area contributed by atoms with Gasteiger partial charge in [-0.3, -0.25) is 0 Å². The molecule has 0 saturated heterocycles. The predicted octanol–water partition coefficient (Wildman–Crippen LogP) is 3.92. The predicted molar refractivity (Wildman–Crippen MR) is 90.5 cm³/mol. The Bertz CT molecular complexity index is 845. The maximum Gasteiger partial charge on any atom is 0.149 e. The van der Waals surface area contributed by atoms with Gasteiger partial charge in [0.05, 0.1) is 11.1 Å². The smallest absolute Gasteiger partial charge is 0.149 e. The molecule has 108 valence electrons. The minimum atomic E-state index is 0.537. The standard InChI is InChI=1S/C18H16N4/c1-22(2)16-9-7-15(8-10-16)20-18-14(12-19)11-13-5-3-4-6-17(13)21-18/h3-11H,1-2H3,(H,20,21). The van der Waals surface area contributed by atoms with Gasteiger partial charge in [0.15, 0.2) is 0 Å². The van der Waals surface area contributed by atoms with E-state index in [1.165, 1.54) is 0 Å². The summed E-state index contributed by atoms with van der Waals surface area (Å²) in [6.45, 7) is 0. The SMILES string of the molecule is CN(C)c1ccc(Nc2nc3ccccc3cc2C#N)cc1. The zero-order valence-corrected chi connectivity index (χ0v) is 12.5. The molecule has 3 rings (SSSR count). The molecule has 0 radical (unpaired) electrons. The number of nitriles is 1. The zero-order chi connectivity index (χ0) is 15.5. The van der Waals surface area contributed by atoms with E-state index in [0.717, 1.165) is 22.3 Å².